The van der Waals surface area contributed by atoms with Crippen LogP contribution >= 0.6 is 23.8 Å². The van der Waals surface area contributed by atoms with Crippen molar-refractivity contribution in [1.29, 1.82) is 0 Å². The number of carbonyl (C=O) groups is 1. The first kappa shape index (κ1) is 18.0. The second-order valence-corrected chi connectivity index (χ2v) is 5.91. The van der Waals surface area contributed by atoms with Crippen molar-refractivity contribution >= 4 is 40.5 Å². The second kappa shape index (κ2) is 8.52. The van der Waals surface area contributed by atoms with Gasteiger partial charge in [-0.05, 0) is 55.4 Å². The zero-order valence-corrected chi connectivity index (χ0v) is 14.9. The van der Waals surface area contributed by atoms with Crippen LogP contribution in [0.2, 0.25) is 5.02 Å². The SMILES string of the molecule is Cc1cccc(NC(=S)NNC(=O)COc2ccccc2Cl)c1C. The normalized spacial score (nSPS) is 9.96. The molecule has 0 aromatic heterocycles. The van der Waals surface area contributed by atoms with E-state index in [4.69, 9.17) is 28.6 Å². The van der Waals surface area contributed by atoms with Gasteiger partial charge in [-0.3, -0.25) is 15.6 Å². The van der Waals surface area contributed by atoms with Gasteiger partial charge in [0.1, 0.15) is 5.75 Å². The Morgan fingerprint density at radius 3 is 2.62 bits per heavy atom. The zero-order chi connectivity index (χ0) is 17.5. The first-order valence-corrected chi connectivity index (χ1v) is 8.05. The summed E-state index contributed by atoms with van der Waals surface area (Å²) in [6.07, 6.45) is 0. The van der Waals surface area contributed by atoms with E-state index in [1.165, 1.54) is 0 Å². The van der Waals surface area contributed by atoms with Gasteiger partial charge in [0, 0.05) is 5.69 Å². The molecule has 5 nitrogen and oxygen atoms in total. The minimum absolute atomic E-state index is 0.178. The lowest BCUT2D eigenvalue weighted by Crippen LogP contribution is -2.45. The summed E-state index contributed by atoms with van der Waals surface area (Å²) in [6, 6.07) is 12.8. The molecule has 24 heavy (non-hydrogen) atoms. The summed E-state index contributed by atoms with van der Waals surface area (Å²) in [5, 5.41) is 3.77. The van der Waals surface area contributed by atoms with Crippen molar-refractivity contribution in [3.05, 3.63) is 58.6 Å². The number of hydrogen-bond donors (Lipinski definition) is 3. The van der Waals surface area contributed by atoms with Crippen molar-refractivity contribution in [2.45, 2.75) is 13.8 Å². The molecular formula is C17H18ClN3O2S. The van der Waals surface area contributed by atoms with E-state index in [0.29, 0.717) is 10.8 Å². The van der Waals surface area contributed by atoms with Crippen molar-refractivity contribution in [3.63, 3.8) is 0 Å². The molecule has 2 aromatic carbocycles. The number of aryl methyl sites for hydroxylation is 1. The van der Waals surface area contributed by atoms with E-state index in [1.54, 1.807) is 24.3 Å². The molecule has 126 valence electrons. The van der Waals surface area contributed by atoms with Crippen LogP contribution in [0.4, 0.5) is 5.69 Å². The van der Waals surface area contributed by atoms with Gasteiger partial charge in [-0.1, -0.05) is 35.9 Å². The van der Waals surface area contributed by atoms with Crippen LogP contribution in [0.3, 0.4) is 0 Å². The molecule has 0 spiro atoms. The van der Waals surface area contributed by atoms with Gasteiger partial charge in [-0.2, -0.15) is 0 Å². The molecule has 0 aliphatic heterocycles. The number of ether oxygens (including phenoxy) is 1. The number of carbonyl (C=O) groups excluding carboxylic acids is 1. The van der Waals surface area contributed by atoms with Crippen LogP contribution in [0.5, 0.6) is 5.75 Å². The van der Waals surface area contributed by atoms with Crippen LogP contribution in [-0.4, -0.2) is 17.6 Å². The van der Waals surface area contributed by atoms with Crippen molar-refractivity contribution < 1.29 is 9.53 Å². The Morgan fingerprint density at radius 1 is 1.12 bits per heavy atom. The van der Waals surface area contributed by atoms with Crippen molar-refractivity contribution in [2.24, 2.45) is 0 Å². The van der Waals surface area contributed by atoms with Crippen LogP contribution in [0, 0.1) is 13.8 Å². The Bertz CT molecular complexity index is 752. The average molecular weight is 364 g/mol. The highest BCUT2D eigenvalue weighted by molar-refractivity contribution is 7.80. The Balaban J connectivity index is 1.78. The van der Waals surface area contributed by atoms with Crippen molar-refractivity contribution in [2.75, 3.05) is 11.9 Å². The van der Waals surface area contributed by atoms with Gasteiger partial charge in [0.25, 0.3) is 5.91 Å². The molecule has 1 amide bonds. The molecule has 0 radical (unpaired) electrons. The Morgan fingerprint density at radius 2 is 1.88 bits per heavy atom. The van der Waals surface area contributed by atoms with E-state index in [1.807, 2.05) is 32.0 Å². The molecular weight excluding hydrogens is 346 g/mol. The number of para-hydroxylation sites is 1. The average Bonchev–Trinajstić information content (AvgIpc) is 2.56. The molecule has 0 saturated carbocycles. The van der Waals surface area contributed by atoms with Crippen LogP contribution in [0.1, 0.15) is 11.1 Å². The molecule has 0 atom stereocenters. The second-order valence-electron chi connectivity index (χ2n) is 5.09. The number of nitrogens with one attached hydrogen (secondary N) is 3. The highest BCUT2D eigenvalue weighted by atomic mass is 35.5. The molecule has 0 aliphatic carbocycles. The summed E-state index contributed by atoms with van der Waals surface area (Å²) >= 11 is 11.1. The molecule has 2 rings (SSSR count). The molecule has 2 aromatic rings. The molecule has 0 unspecified atom stereocenters. The highest BCUT2D eigenvalue weighted by Crippen LogP contribution is 2.22. The van der Waals surface area contributed by atoms with Gasteiger partial charge in [-0.15, -0.1) is 0 Å². The first-order valence-electron chi connectivity index (χ1n) is 7.26. The van der Waals surface area contributed by atoms with Gasteiger partial charge < -0.3 is 10.1 Å². The van der Waals surface area contributed by atoms with Gasteiger partial charge in [0.15, 0.2) is 11.7 Å². The number of hydrazine groups is 1. The molecule has 0 saturated heterocycles. The van der Waals surface area contributed by atoms with Crippen molar-refractivity contribution in [3.8, 4) is 5.75 Å². The molecule has 0 fully saturated rings. The third-order valence-corrected chi connectivity index (χ3v) is 3.88. The van der Waals surface area contributed by atoms with E-state index in [-0.39, 0.29) is 17.6 Å². The third kappa shape index (κ3) is 5.11. The topological polar surface area (TPSA) is 62.4 Å². The monoisotopic (exact) mass is 363 g/mol. The number of benzene rings is 2. The fourth-order valence-corrected chi connectivity index (χ4v) is 2.26. The predicted octanol–water partition coefficient (Wildman–Crippen LogP) is 3.35. The number of amides is 1. The lowest BCUT2D eigenvalue weighted by molar-refractivity contribution is -0.123. The summed E-state index contributed by atoms with van der Waals surface area (Å²) in [4.78, 5) is 11.8. The highest BCUT2D eigenvalue weighted by Gasteiger charge is 2.07. The Kier molecular flexibility index (Phi) is 6.40. The summed E-state index contributed by atoms with van der Waals surface area (Å²) in [6.45, 7) is 3.84. The maximum absolute atomic E-state index is 11.8. The number of anilines is 1. The quantitative estimate of drug-likeness (QED) is 0.574. The molecule has 0 bridgehead atoms. The zero-order valence-electron chi connectivity index (χ0n) is 13.4. The number of hydrogen-bond acceptors (Lipinski definition) is 3. The maximum atomic E-state index is 11.8. The van der Waals surface area contributed by atoms with E-state index in [2.05, 4.69) is 16.2 Å². The maximum Gasteiger partial charge on any atom is 0.276 e. The summed E-state index contributed by atoms with van der Waals surface area (Å²) in [7, 11) is 0. The van der Waals surface area contributed by atoms with E-state index < -0.39 is 0 Å². The van der Waals surface area contributed by atoms with E-state index in [0.717, 1.165) is 16.8 Å². The fraction of sp³-hybridized carbons (Fsp3) is 0.176. The van der Waals surface area contributed by atoms with Crippen LogP contribution in [-0.2, 0) is 4.79 Å². The lowest BCUT2D eigenvalue weighted by Gasteiger charge is -2.14. The van der Waals surface area contributed by atoms with E-state index >= 15 is 0 Å². The van der Waals surface area contributed by atoms with E-state index in [9.17, 15) is 4.79 Å². The number of rotatable bonds is 4. The smallest absolute Gasteiger partial charge is 0.276 e. The minimum atomic E-state index is -0.375. The summed E-state index contributed by atoms with van der Waals surface area (Å²) in [5.74, 6) is 0.0745. The summed E-state index contributed by atoms with van der Waals surface area (Å²) in [5.41, 5.74) is 8.23. The predicted molar refractivity (Wildman–Crippen MR) is 100 cm³/mol. The third-order valence-electron chi connectivity index (χ3n) is 3.36. The lowest BCUT2D eigenvalue weighted by atomic mass is 10.1. The van der Waals surface area contributed by atoms with Crippen LogP contribution in [0.15, 0.2) is 42.5 Å². The molecule has 0 aliphatic rings. The minimum Gasteiger partial charge on any atom is -0.482 e. The molecule has 7 heteroatoms. The number of halogens is 1. The van der Waals surface area contributed by atoms with Crippen LogP contribution < -0.4 is 20.9 Å². The molecule has 3 N–H and O–H groups in total. The number of thiocarbonyl (C=S) groups is 1. The van der Waals surface area contributed by atoms with Gasteiger partial charge in [0.2, 0.25) is 0 Å². The first-order chi connectivity index (χ1) is 11.5. The van der Waals surface area contributed by atoms with Gasteiger partial charge in [-0.25, -0.2) is 0 Å². The fourth-order valence-electron chi connectivity index (χ4n) is 1.91. The standard InChI is InChI=1S/C17H18ClN3O2S/c1-11-6-5-8-14(12(11)2)19-17(24)21-20-16(22)10-23-15-9-4-3-7-13(15)18/h3-9H,10H2,1-2H3,(H,20,22)(H2,19,21,24). The van der Waals surface area contributed by atoms with Gasteiger partial charge >= 0.3 is 0 Å². The molecule has 0 heterocycles. The Hall–Kier alpha value is -2.31. The van der Waals surface area contributed by atoms with Gasteiger partial charge in [0.05, 0.1) is 5.02 Å². The Labute approximate surface area is 151 Å². The van der Waals surface area contributed by atoms with Crippen molar-refractivity contribution in [1.82, 2.24) is 10.9 Å². The van der Waals surface area contributed by atoms with Crippen LogP contribution in [0.25, 0.3) is 0 Å². The summed E-state index contributed by atoms with van der Waals surface area (Å²) < 4.78 is 5.34. The largest absolute Gasteiger partial charge is 0.482 e.